The van der Waals surface area contributed by atoms with Crippen molar-refractivity contribution in [3.05, 3.63) is 0 Å². The van der Waals surface area contributed by atoms with Gasteiger partial charge in [0, 0.05) is 4.83 Å². The van der Waals surface area contributed by atoms with Crippen LogP contribution in [0.25, 0.3) is 0 Å². The second kappa shape index (κ2) is 8.51. The molecule has 0 aromatic heterocycles. The molecule has 102 valence electrons. The summed E-state index contributed by atoms with van der Waals surface area (Å²) in [4.78, 5) is 11.4. The summed E-state index contributed by atoms with van der Waals surface area (Å²) in [5.41, 5.74) is 0. The average Bonchev–Trinajstić information content (AvgIpc) is 2.13. The van der Waals surface area contributed by atoms with Gasteiger partial charge in [0.25, 0.3) is 0 Å². The lowest BCUT2D eigenvalue weighted by Crippen LogP contribution is -2.24. The molecular weight excluding hydrogens is 324 g/mol. The molecule has 0 heterocycles. The van der Waals surface area contributed by atoms with Crippen molar-refractivity contribution in [2.24, 2.45) is 5.92 Å². The van der Waals surface area contributed by atoms with E-state index < -0.39 is 7.38 Å². The summed E-state index contributed by atoms with van der Waals surface area (Å²) in [6, 6.07) is 0.959. The Labute approximate surface area is 118 Å². The first-order valence-corrected chi connectivity index (χ1v) is 10.9. The highest BCUT2D eigenvalue weighted by Crippen LogP contribution is 2.21. The molecule has 0 bridgehead atoms. The van der Waals surface area contributed by atoms with Gasteiger partial charge in [-0.3, -0.25) is 4.79 Å². The normalized spacial score (nSPS) is 13.8. The van der Waals surface area contributed by atoms with Gasteiger partial charge in [0.05, 0.1) is 19.1 Å². The van der Waals surface area contributed by atoms with E-state index in [2.05, 4.69) is 29.0 Å². The van der Waals surface area contributed by atoms with E-state index in [1.54, 1.807) is 0 Å². The zero-order chi connectivity index (χ0) is 13.5. The third-order valence-electron chi connectivity index (χ3n) is 1.95. The molecule has 0 aliphatic carbocycles. The minimum Gasteiger partial charge on any atom is -0.463 e. The Morgan fingerprint density at radius 3 is 2.41 bits per heavy atom. The lowest BCUT2D eigenvalue weighted by Gasteiger charge is -2.17. The molecule has 1 unspecified atom stereocenters. The highest BCUT2D eigenvalue weighted by atomic mass is 79.9. The summed E-state index contributed by atoms with van der Waals surface area (Å²) in [5, 5.41) is 0. The van der Waals surface area contributed by atoms with Crippen LogP contribution in [0, 0.1) is 5.92 Å². The number of carbonyl (C=O) groups excluding carboxylic acids is 1. The SMILES string of the molecule is CC(C)C(=O)OCCOCC(Br)C[Si](C)(C)Cl. The number of rotatable bonds is 8. The van der Waals surface area contributed by atoms with Gasteiger partial charge in [-0.25, -0.2) is 0 Å². The van der Waals surface area contributed by atoms with E-state index in [0.717, 1.165) is 6.04 Å². The molecule has 6 heteroatoms. The van der Waals surface area contributed by atoms with E-state index in [-0.39, 0.29) is 16.7 Å². The molecule has 0 saturated carbocycles. The lowest BCUT2D eigenvalue weighted by molar-refractivity contribution is -0.148. The van der Waals surface area contributed by atoms with Crippen molar-refractivity contribution in [2.75, 3.05) is 19.8 Å². The maximum Gasteiger partial charge on any atom is 0.308 e. The van der Waals surface area contributed by atoms with Crippen molar-refractivity contribution in [1.29, 1.82) is 0 Å². The maximum absolute atomic E-state index is 11.1. The third-order valence-corrected chi connectivity index (χ3v) is 5.06. The quantitative estimate of drug-likeness (QED) is 0.222. The summed E-state index contributed by atoms with van der Waals surface area (Å²) in [6.07, 6.45) is 0. The van der Waals surface area contributed by atoms with Crippen LogP contribution in [0.15, 0.2) is 0 Å². The summed E-state index contributed by atoms with van der Waals surface area (Å²) in [6.45, 7) is 9.18. The number of esters is 1. The molecule has 0 spiro atoms. The van der Waals surface area contributed by atoms with Gasteiger partial charge in [0.2, 0.25) is 0 Å². The Hall–Kier alpha value is 0.417. The van der Waals surface area contributed by atoms with Gasteiger partial charge >= 0.3 is 5.97 Å². The standard InChI is InChI=1S/C11H22BrClO3Si/c1-9(2)11(14)16-6-5-15-7-10(12)8-17(3,4)13/h9-10H,5-8H2,1-4H3. The highest BCUT2D eigenvalue weighted by Gasteiger charge is 2.21. The molecule has 0 fully saturated rings. The first-order valence-electron chi connectivity index (χ1n) is 5.79. The summed E-state index contributed by atoms with van der Waals surface area (Å²) >= 11 is 9.76. The van der Waals surface area contributed by atoms with Crippen molar-refractivity contribution in [3.8, 4) is 0 Å². The van der Waals surface area contributed by atoms with E-state index in [1.165, 1.54) is 0 Å². The molecule has 0 rings (SSSR count). The fourth-order valence-electron chi connectivity index (χ4n) is 1.16. The lowest BCUT2D eigenvalue weighted by atomic mass is 10.2. The number of hydrogen-bond donors (Lipinski definition) is 0. The number of ether oxygens (including phenoxy) is 2. The number of carbonyl (C=O) groups is 1. The van der Waals surface area contributed by atoms with Crippen LogP contribution in [0.3, 0.4) is 0 Å². The second-order valence-corrected chi connectivity index (χ2v) is 13.1. The van der Waals surface area contributed by atoms with Crippen LogP contribution < -0.4 is 0 Å². The van der Waals surface area contributed by atoms with Gasteiger partial charge in [-0.05, 0) is 6.04 Å². The predicted molar refractivity (Wildman–Crippen MR) is 77.5 cm³/mol. The van der Waals surface area contributed by atoms with Gasteiger partial charge in [-0.15, -0.1) is 0 Å². The van der Waals surface area contributed by atoms with Gasteiger partial charge in [0.1, 0.15) is 6.61 Å². The van der Waals surface area contributed by atoms with Gasteiger partial charge < -0.3 is 9.47 Å². The average molecular weight is 346 g/mol. The van der Waals surface area contributed by atoms with Gasteiger partial charge in [-0.2, -0.15) is 11.1 Å². The van der Waals surface area contributed by atoms with Crippen molar-refractivity contribution in [3.63, 3.8) is 0 Å². The summed E-state index contributed by atoms with van der Waals surface area (Å²) in [5.74, 6) is -0.264. The minimum atomic E-state index is -1.56. The number of hydrogen-bond acceptors (Lipinski definition) is 3. The van der Waals surface area contributed by atoms with Crippen LogP contribution in [0.1, 0.15) is 13.8 Å². The smallest absolute Gasteiger partial charge is 0.308 e. The van der Waals surface area contributed by atoms with Crippen LogP contribution in [0.5, 0.6) is 0 Å². The Kier molecular flexibility index (Phi) is 8.72. The second-order valence-electron chi connectivity index (χ2n) is 4.92. The third kappa shape index (κ3) is 11.2. The summed E-state index contributed by atoms with van der Waals surface area (Å²) < 4.78 is 10.4. The Bertz CT molecular complexity index is 231. The van der Waals surface area contributed by atoms with Crippen LogP contribution in [0.4, 0.5) is 0 Å². The zero-order valence-corrected chi connectivity index (χ0v) is 14.3. The van der Waals surface area contributed by atoms with E-state index >= 15 is 0 Å². The molecule has 0 aliphatic rings. The maximum atomic E-state index is 11.1. The Balaban J connectivity index is 3.49. The van der Waals surface area contributed by atoms with E-state index in [0.29, 0.717) is 19.8 Å². The molecule has 1 atom stereocenters. The molecule has 3 nitrogen and oxygen atoms in total. The Morgan fingerprint density at radius 2 is 1.94 bits per heavy atom. The van der Waals surface area contributed by atoms with Crippen LogP contribution >= 0.6 is 27.0 Å². The first kappa shape index (κ1) is 17.4. The zero-order valence-electron chi connectivity index (χ0n) is 11.0. The largest absolute Gasteiger partial charge is 0.463 e. The van der Waals surface area contributed by atoms with E-state index in [9.17, 15) is 4.79 Å². The Morgan fingerprint density at radius 1 is 1.35 bits per heavy atom. The highest BCUT2D eigenvalue weighted by molar-refractivity contribution is 9.09. The molecule has 0 amide bonds. The fraction of sp³-hybridized carbons (Fsp3) is 0.909. The molecule has 0 radical (unpaired) electrons. The summed E-state index contributed by atoms with van der Waals surface area (Å²) in [7, 11) is -1.56. The van der Waals surface area contributed by atoms with Crippen molar-refractivity contribution >= 4 is 40.4 Å². The molecule has 0 aromatic rings. The molecule has 0 saturated heterocycles. The molecule has 0 aliphatic heterocycles. The first-order chi connectivity index (χ1) is 7.72. The van der Waals surface area contributed by atoms with Crippen molar-refractivity contribution in [2.45, 2.75) is 37.8 Å². The topological polar surface area (TPSA) is 35.5 Å². The molecular formula is C11H22BrClO3Si. The monoisotopic (exact) mass is 344 g/mol. The van der Waals surface area contributed by atoms with Crippen LogP contribution in [-0.2, 0) is 14.3 Å². The van der Waals surface area contributed by atoms with E-state index in [1.807, 2.05) is 13.8 Å². The predicted octanol–water partition coefficient (Wildman–Crippen LogP) is 3.41. The van der Waals surface area contributed by atoms with Crippen LogP contribution in [0.2, 0.25) is 19.1 Å². The van der Waals surface area contributed by atoms with Crippen molar-refractivity contribution < 1.29 is 14.3 Å². The number of alkyl halides is 1. The molecule has 0 N–H and O–H groups in total. The minimum absolute atomic E-state index is 0.0815. The van der Waals surface area contributed by atoms with Gasteiger partial charge in [0.15, 0.2) is 7.38 Å². The van der Waals surface area contributed by atoms with Crippen molar-refractivity contribution in [1.82, 2.24) is 0 Å². The van der Waals surface area contributed by atoms with Crippen LogP contribution in [-0.4, -0.2) is 38.0 Å². The van der Waals surface area contributed by atoms with Gasteiger partial charge in [-0.1, -0.05) is 42.9 Å². The molecule has 17 heavy (non-hydrogen) atoms. The number of halogens is 2. The van der Waals surface area contributed by atoms with E-state index in [4.69, 9.17) is 20.6 Å². The molecule has 0 aromatic carbocycles. The fourth-order valence-corrected chi connectivity index (χ4v) is 6.07.